The van der Waals surface area contributed by atoms with Crippen LogP contribution >= 0.6 is 0 Å². The van der Waals surface area contributed by atoms with Crippen LogP contribution in [-0.2, 0) is 11.3 Å². The van der Waals surface area contributed by atoms with E-state index in [4.69, 9.17) is 4.74 Å². The Bertz CT molecular complexity index is 742. The maximum Gasteiger partial charge on any atom is 0.254 e. The van der Waals surface area contributed by atoms with Crippen molar-refractivity contribution in [2.24, 2.45) is 0 Å². The zero-order chi connectivity index (χ0) is 19.1. The minimum absolute atomic E-state index is 0.0272. The lowest BCUT2D eigenvalue weighted by Gasteiger charge is -2.28. The summed E-state index contributed by atoms with van der Waals surface area (Å²) in [5.41, 5.74) is 2.63. The third-order valence-corrected chi connectivity index (χ3v) is 4.96. The highest BCUT2D eigenvalue weighted by atomic mass is 19.1. The fraction of sp³-hybridized carbons (Fsp3) is 0.409. The zero-order valence-corrected chi connectivity index (χ0v) is 15.9. The van der Waals surface area contributed by atoms with Gasteiger partial charge in [-0.05, 0) is 42.7 Å². The van der Waals surface area contributed by atoms with Crippen LogP contribution in [0, 0.1) is 12.7 Å². The van der Waals surface area contributed by atoms with Crippen molar-refractivity contribution in [3.63, 3.8) is 0 Å². The number of hydrogen-bond acceptors (Lipinski definition) is 3. The van der Waals surface area contributed by atoms with E-state index in [1.165, 1.54) is 12.1 Å². The van der Waals surface area contributed by atoms with Crippen LogP contribution in [0.25, 0.3) is 0 Å². The molecule has 3 rings (SSSR count). The number of rotatable bonds is 7. The van der Waals surface area contributed by atoms with Gasteiger partial charge in [-0.2, -0.15) is 0 Å². The molecule has 0 aliphatic carbocycles. The van der Waals surface area contributed by atoms with E-state index in [0.29, 0.717) is 13.1 Å². The number of nitrogens with zero attached hydrogens (tertiary/aromatic N) is 2. The normalized spacial score (nSPS) is 14.9. The van der Waals surface area contributed by atoms with E-state index in [2.05, 4.69) is 4.90 Å². The topological polar surface area (TPSA) is 32.8 Å². The van der Waals surface area contributed by atoms with Gasteiger partial charge in [0.05, 0.1) is 13.2 Å². The lowest BCUT2D eigenvalue weighted by molar-refractivity contribution is 0.0355. The molecular weight excluding hydrogens is 343 g/mol. The minimum atomic E-state index is -0.261. The molecule has 1 amide bonds. The molecule has 2 aromatic rings. The van der Waals surface area contributed by atoms with Crippen molar-refractivity contribution in [2.45, 2.75) is 19.9 Å². The molecular formula is C22H27FN2O2. The molecule has 0 aromatic heterocycles. The molecule has 0 radical (unpaired) electrons. The van der Waals surface area contributed by atoms with Gasteiger partial charge in [-0.25, -0.2) is 4.39 Å². The van der Waals surface area contributed by atoms with Crippen molar-refractivity contribution in [3.8, 4) is 0 Å². The van der Waals surface area contributed by atoms with Gasteiger partial charge in [0.25, 0.3) is 5.91 Å². The molecule has 0 atom stereocenters. The molecule has 0 saturated carbocycles. The molecule has 144 valence electrons. The minimum Gasteiger partial charge on any atom is -0.379 e. The Hall–Kier alpha value is -2.24. The Labute approximate surface area is 160 Å². The van der Waals surface area contributed by atoms with Crippen LogP contribution in [-0.4, -0.2) is 55.1 Å². The van der Waals surface area contributed by atoms with Gasteiger partial charge in [0.1, 0.15) is 5.82 Å². The van der Waals surface area contributed by atoms with Crippen molar-refractivity contribution in [1.82, 2.24) is 9.80 Å². The van der Waals surface area contributed by atoms with E-state index >= 15 is 0 Å². The van der Waals surface area contributed by atoms with Gasteiger partial charge in [-0.15, -0.1) is 0 Å². The first kappa shape index (κ1) is 19.5. The summed E-state index contributed by atoms with van der Waals surface area (Å²) >= 11 is 0. The Balaban J connectivity index is 1.68. The second kappa shape index (κ2) is 9.62. The smallest absolute Gasteiger partial charge is 0.254 e. The third-order valence-electron chi connectivity index (χ3n) is 4.96. The molecule has 4 nitrogen and oxygen atoms in total. The molecule has 1 saturated heterocycles. The SMILES string of the molecule is Cc1ccccc1C(=O)N(CCCN1CCOCC1)Cc1ccc(F)cc1. The van der Waals surface area contributed by atoms with Crippen molar-refractivity contribution in [1.29, 1.82) is 0 Å². The summed E-state index contributed by atoms with van der Waals surface area (Å²) in [5, 5.41) is 0. The molecule has 1 aliphatic heterocycles. The summed E-state index contributed by atoms with van der Waals surface area (Å²) < 4.78 is 18.6. The molecule has 1 fully saturated rings. The zero-order valence-electron chi connectivity index (χ0n) is 15.9. The Morgan fingerprint density at radius 3 is 2.52 bits per heavy atom. The first-order valence-electron chi connectivity index (χ1n) is 9.53. The number of benzene rings is 2. The summed E-state index contributed by atoms with van der Waals surface area (Å²) in [4.78, 5) is 17.4. The molecule has 0 unspecified atom stereocenters. The highest BCUT2D eigenvalue weighted by Gasteiger charge is 2.18. The number of carbonyl (C=O) groups is 1. The Kier molecular flexibility index (Phi) is 6.96. The summed E-state index contributed by atoms with van der Waals surface area (Å²) in [6, 6.07) is 14.0. The number of carbonyl (C=O) groups excluding carboxylic acids is 1. The fourth-order valence-electron chi connectivity index (χ4n) is 3.36. The van der Waals surface area contributed by atoms with E-state index in [1.807, 2.05) is 36.1 Å². The number of aryl methyl sites for hydroxylation is 1. The predicted molar refractivity (Wildman–Crippen MR) is 104 cm³/mol. The van der Waals surface area contributed by atoms with Gasteiger partial charge < -0.3 is 9.64 Å². The highest BCUT2D eigenvalue weighted by molar-refractivity contribution is 5.95. The quantitative estimate of drug-likeness (QED) is 0.748. The van der Waals surface area contributed by atoms with Crippen LogP contribution in [0.5, 0.6) is 0 Å². The molecule has 0 N–H and O–H groups in total. The second-order valence-corrected chi connectivity index (χ2v) is 6.98. The molecule has 1 heterocycles. The maximum absolute atomic E-state index is 13.2. The average molecular weight is 370 g/mol. The van der Waals surface area contributed by atoms with Crippen LogP contribution in [0.15, 0.2) is 48.5 Å². The number of ether oxygens (including phenoxy) is 1. The molecule has 0 bridgehead atoms. The number of halogens is 1. The number of amides is 1. The van der Waals surface area contributed by atoms with Gasteiger partial charge >= 0.3 is 0 Å². The van der Waals surface area contributed by atoms with Crippen LogP contribution in [0.4, 0.5) is 4.39 Å². The summed E-state index contributed by atoms with van der Waals surface area (Å²) in [6.07, 6.45) is 0.902. The fourth-order valence-corrected chi connectivity index (χ4v) is 3.36. The average Bonchev–Trinajstić information content (AvgIpc) is 2.69. The molecule has 5 heteroatoms. The van der Waals surface area contributed by atoms with Gasteiger partial charge in [-0.1, -0.05) is 30.3 Å². The molecule has 0 spiro atoms. The lowest BCUT2D eigenvalue weighted by atomic mass is 10.1. The van der Waals surface area contributed by atoms with Gasteiger partial charge in [-0.3, -0.25) is 9.69 Å². The molecule has 2 aromatic carbocycles. The van der Waals surface area contributed by atoms with Crippen molar-refractivity contribution < 1.29 is 13.9 Å². The van der Waals surface area contributed by atoms with E-state index in [9.17, 15) is 9.18 Å². The van der Waals surface area contributed by atoms with E-state index in [0.717, 1.165) is 56.0 Å². The first-order valence-corrected chi connectivity index (χ1v) is 9.53. The summed E-state index contributed by atoms with van der Waals surface area (Å²) in [5.74, 6) is -0.234. The van der Waals surface area contributed by atoms with Crippen LogP contribution < -0.4 is 0 Å². The summed E-state index contributed by atoms with van der Waals surface area (Å²) in [7, 11) is 0. The Morgan fingerprint density at radius 1 is 1.11 bits per heavy atom. The first-order chi connectivity index (χ1) is 13.1. The molecule has 27 heavy (non-hydrogen) atoms. The number of hydrogen-bond donors (Lipinski definition) is 0. The standard InChI is InChI=1S/C22H27FN2O2/c1-18-5-2-3-6-21(18)22(26)25(17-19-7-9-20(23)10-8-19)12-4-11-24-13-15-27-16-14-24/h2-3,5-10H,4,11-17H2,1H3. The highest BCUT2D eigenvalue weighted by Crippen LogP contribution is 2.15. The van der Waals surface area contributed by atoms with E-state index in [1.54, 1.807) is 12.1 Å². The van der Waals surface area contributed by atoms with Gasteiger partial charge in [0, 0.05) is 38.3 Å². The predicted octanol–water partition coefficient (Wildman–Crippen LogP) is 3.50. The van der Waals surface area contributed by atoms with Crippen molar-refractivity contribution in [3.05, 3.63) is 71.0 Å². The number of morpholine rings is 1. The Morgan fingerprint density at radius 2 is 1.81 bits per heavy atom. The maximum atomic E-state index is 13.2. The van der Waals surface area contributed by atoms with Crippen LogP contribution in [0.2, 0.25) is 0 Å². The second-order valence-electron chi connectivity index (χ2n) is 6.98. The third kappa shape index (κ3) is 5.62. The monoisotopic (exact) mass is 370 g/mol. The van der Waals surface area contributed by atoms with Gasteiger partial charge in [0.2, 0.25) is 0 Å². The lowest BCUT2D eigenvalue weighted by Crippen LogP contribution is -2.39. The van der Waals surface area contributed by atoms with E-state index in [-0.39, 0.29) is 11.7 Å². The largest absolute Gasteiger partial charge is 0.379 e. The summed E-state index contributed by atoms with van der Waals surface area (Å²) in [6.45, 7) is 7.51. The molecule has 1 aliphatic rings. The van der Waals surface area contributed by atoms with Gasteiger partial charge in [0.15, 0.2) is 0 Å². The van der Waals surface area contributed by atoms with Crippen molar-refractivity contribution in [2.75, 3.05) is 39.4 Å². The van der Waals surface area contributed by atoms with Crippen molar-refractivity contribution >= 4 is 5.91 Å². The van der Waals surface area contributed by atoms with E-state index < -0.39 is 0 Å². The van der Waals surface area contributed by atoms with Crippen LogP contribution in [0.3, 0.4) is 0 Å². The van der Waals surface area contributed by atoms with Crippen LogP contribution in [0.1, 0.15) is 27.9 Å².